The molecule has 0 bridgehead atoms. The van der Waals surface area contributed by atoms with Gasteiger partial charge in [0, 0.05) is 13.1 Å². The van der Waals surface area contributed by atoms with Crippen LogP contribution in [0.15, 0.2) is 50.8 Å². The smallest absolute Gasteiger partial charge is 0.335 e. The van der Waals surface area contributed by atoms with Crippen LogP contribution in [0.1, 0.15) is 42.3 Å². The van der Waals surface area contributed by atoms with Crippen LogP contribution in [0.3, 0.4) is 0 Å². The van der Waals surface area contributed by atoms with Gasteiger partial charge in [0.25, 0.3) is 5.91 Å². The highest BCUT2D eigenvalue weighted by atomic mass is 79.9. The van der Waals surface area contributed by atoms with Crippen molar-refractivity contribution < 1.29 is 24.2 Å². The van der Waals surface area contributed by atoms with Gasteiger partial charge in [-0.05, 0) is 89.9 Å². The number of halogens is 1. The first kappa shape index (κ1) is 24.9. The summed E-state index contributed by atoms with van der Waals surface area (Å²) in [6.07, 6.45) is 1.82. The summed E-state index contributed by atoms with van der Waals surface area (Å²) < 4.78 is 12.5. The maximum absolute atomic E-state index is 12.8. The number of carbonyl (C=O) groups is 2. The van der Waals surface area contributed by atoms with Crippen LogP contribution in [0, 0.1) is 0 Å². The van der Waals surface area contributed by atoms with Gasteiger partial charge in [0.05, 0.1) is 21.5 Å². The SMILES string of the molecule is CCN=C1S/C(=C\c2cc(Br)c(OCc3cccc(C(=O)O)c3)c(OCC)c2)C(=O)N1CC. The van der Waals surface area contributed by atoms with Crippen molar-refractivity contribution >= 4 is 50.8 Å². The predicted molar refractivity (Wildman–Crippen MR) is 134 cm³/mol. The molecule has 2 aromatic carbocycles. The third-order valence-electron chi connectivity index (χ3n) is 4.68. The van der Waals surface area contributed by atoms with Gasteiger partial charge in [-0.2, -0.15) is 0 Å². The van der Waals surface area contributed by atoms with E-state index in [9.17, 15) is 14.7 Å². The second kappa shape index (κ2) is 11.4. The van der Waals surface area contributed by atoms with Crippen LogP contribution in [-0.4, -0.2) is 46.7 Å². The number of thioether (sulfide) groups is 1. The quantitative estimate of drug-likeness (QED) is 0.432. The summed E-state index contributed by atoms with van der Waals surface area (Å²) in [4.78, 5) is 30.7. The fourth-order valence-electron chi connectivity index (χ4n) is 3.22. The van der Waals surface area contributed by atoms with Crippen molar-refractivity contribution in [1.29, 1.82) is 0 Å². The highest BCUT2D eigenvalue weighted by Crippen LogP contribution is 2.39. The average molecular weight is 533 g/mol. The molecule has 1 fully saturated rings. The van der Waals surface area contributed by atoms with E-state index in [1.165, 1.54) is 17.8 Å². The zero-order chi connectivity index (χ0) is 24.0. The number of rotatable bonds is 9. The Labute approximate surface area is 205 Å². The van der Waals surface area contributed by atoms with E-state index in [0.717, 1.165) is 11.1 Å². The minimum atomic E-state index is -0.987. The number of amides is 1. The lowest BCUT2D eigenvalue weighted by molar-refractivity contribution is -0.122. The largest absolute Gasteiger partial charge is 0.490 e. The molecular formula is C24H25BrN2O5S. The molecule has 0 aromatic heterocycles. The molecule has 9 heteroatoms. The van der Waals surface area contributed by atoms with Crippen molar-refractivity contribution in [2.45, 2.75) is 27.4 Å². The van der Waals surface area contributed by atoms with Gasteiger partial charge in [-0.15, -0.1) is 0 Å². The first-order valence-corrected chi connectivity index (χ1v) is 12.2. The first-order chi connectivity index (χ1) is 15.9. The summed E-state index contributed by atoms with van der Waals surface area (Å²) in [5.41, 5.74) is 1.72. The molecule has 0 spiro atoms. The number of hydrogen-bond acceptors (Lipinski definition) is 6. The number of hydrogen-bond donors (Lipinski definition) is 1. The van der Waals surface area contributed by atoms with E-state index in [1.54, 1.807) is 23.1 Å². The minimum absolute atomic E-state index is 0.0672. The Balaban J connectivity index is 1.88. The topological polar surface area (TPSA) is 88.4 Å². The fraction of sp³-hybridized carbons (Fsp3) is 0.292. The molecule has 0 atom stereocenters. The summed E-state index contributed by atoms with van der Waals surface area (Å²) >= 11 is 4.92. The Morgan fingerprint density at radius 3 is 2.67 bits per heavy atom. The lowest BCUT2D eigenvalue weighted by Gasteiger charge is -2.15. The average Bonchev–Trinajstić information content (AvgIpc) is 3.07. The summed E-state index contributed by atoms with van der Waals surface area (Å²) in [7, 11) is 0. The van der Waals surface area contributed by atoms with Crippen LogP contribution in [0.4, 0.5) is 0 Å². The van der Waals surface area contributed by atoms with Crippen LogP contribution in [0.2, 0.25) is 0 Å². The molecule has 1 heterocycles. The Morgan fingerprint density at radius 2 is 2.00 bits per heavy atom. The molecule has 7 nitrogen and oxygen atoms in total. The Hall–Kier alpha value is -2.78. The van der Waals surface area contributed by atoms with Crippen LogP contribution in [0.5, 0.6) is 11.5 Å². The van der Waals surface area contributed by atoms with E-state index < -0.39 is 5.97 Å². The lowest BCUT2D eigenvalue weighted by Crippen LogP contribution is -2.28. The van der Waals surface area contributed by atoms with Crippen molar-refractivity contribution in [3.05, 3.63) is 62.5 Å². The molecule has 3 rings (SSSR count). The summed E-state index contributed by atoms with van der Waals surface area (Å²) in [6, 6.07) is 10.3. The van der Waals surface area contributed by atoms with E-state index in [1.807, 2.05) is 39.0 Å². The molecule has 0 aliphatic carbocycles. The van der Waals surface area contributed by atoms with Crippen LogP contribution < -0.4 is 9.47 Å². The first-order valence-electron chi connectivity index (χ1n) is 10.5. The lowest BCUT2D eigenvalue weighted by atomic mass is 10.1. The molecular weight excluding hydrogens is 508 g/mol. The number of ether oxygens (including phenoxy) is 2. The van der Waals surface area contributed by atoms with Gasteiger partial charge in [-0.1, -0.05) is 12.1 Å². The van der Waals surface area contributed by atoms with Gasteiger partial charge < -0.3 is 14.6 Å². The van der Waals surface area contributed by atoms with Gasteiger partial charge in [0.1, 0.15) is 6.61 Å². The number of carboxylic acids is 1. The summed E-state index contributed by atoms with van der Waals surface area (Å²) in [5.74, 6) is -0.0205. The second-order valence-electron chi connectivity index (χ2n) is 6.97. The van der Waals surface area contributed by atoms with Gasteiger partial charge in [0.15, 0.2) is 16.7 Å². The zero-order valence-corrected chi connectivity index (χ0v) is 21.0. The third kappa shape index (κ3) is 5.97. The summed E-state index contributed by atoms with van der Waals surface area (Å²) in [5, 5.41) is 9.90. The highest BCUT2D eigenvalue weighted by Gasteiger charge is 2.32. The maximum Gasteiger partial charge on any atom is 0.335 e. The van der Waals surface area contributed by atoms with Gasteiger partial charge >= 0.3 is 5.97 Å². The van der Waals surface area contributed by atoms with Crippen molar-refractivity contribution in [3.63, 3.8) is 0 Å². The van der Waals surface area contributed by atoms with Crippen molar-refractivity contribution in [2.75, 3.05) is 19.7 Å². The zero-order valence-electron chi connectivity index (χ0n) is 18.6. The van der Waals surface area contributed by atoms with E-state index in [0.29, 0.717) is 45.7 Å². The fourth-order valence-corrected chi connectivity index (χ4v) is 4.89. The molecule has 1 aliphatic rings. The van der Waals surface area contributed by atoms with E-state index in [-0.39, 0.29) is 18.1 Å². The Bertz CT molecular complexity index is 1120. The maximum atomic E-state index is 12.8. The normalized spacial score (nSPS) is 16.0. The number of benzene rings is 2. The Kier molecular flexibility index (Phi) is 8.57. The number of carbonyl (C=O) groups excluding carboxylic acids is 1. The van der Waals surface area contributed by atoms with Crippen LogP contribution in [-0.2, 0) is 11.4 Å². The summed E-state index contributed by atoms with van der Waals surface area (Å²) in [6.45, 7) is 7.53. The standard InChI is InChI=1S/C24H25BrN2O5S/c1-4-26-24-27(5-2)22(28)20(33-24)13-16-11-18(25)21(19(12-16)31-6-3)32-14-15-8-7-9-17(10-15)23(29)30/h7-13H,4-6,14H2,1-3H3,(H,29,30)/b20-13-,26-24?. The molecule has 1 saturated heterocycles. The van der Waals surface area contributed by atoms with Crippen molar-refractivity contribution in [1.82, 2.24) is 4.90 Å². The number of amidine groups is 1. The van der Waals surface area contributed by atoms with Gasteiger partial charge in [0.2, 0.25) is 0 Å². The van der Waals surface area contributed by atoms with E-state index >= 15 is 0 Å². The minimum Gasteiger partial charge on any atom is -0.490 e. The van der Waals surface area contributed by atoms with Crippen LogP contribution >= 0.6 is 27.7 Å². The molecule has 1 amide bonds. The molecule has 1 aliphatic heterocycles. The number of likely N-dealkylation sites (N-methyl/N-ethyl adjacent to an activating group) is 1. The second-order valence-corrected chi connectivity index (χ2v) is 8.84. The Morgan fingerprint density at radius 1 is 1.21 bits per heavy atom. The highest BCUT2D eigenvalue weighted by molar-refractivity contribution is 9.10. The number of carboxylic acid groups (broad SMARTS) is 1. The number of nitrogens with zero attached hydrogens (tertiary/aromatic N) is 2. The van der Waals surface area contributed by atoms with Gasteiger partial charge in [-0.3, -0.25) is 14.7 Å². The van der Waals surface area contributed by atoms with Crippen molar-refractivity contribution in [2.24, 2.45) is 4.99 Å². The monoisotopic (exact) mass is 532 g/mol. The van der Waals surface area contributed by atoms with Crippen LogP contribution in [0.25, 0.3) is 6.08 Å². The third-order valence-corrected chi connectivity index (χ3v) is 6.32. The molecule has 2 aromatic rings. The van der Waals surface area contributed by atoms with E-state index in [2.05, 4.69) is 20.9 Å². The number of aliphatic imine (C=N–C) groups is 1. The molecule has 0 radical (unpaired) electrons. The molecule has 174 valence electrons. The molecule has 0 saturated carbocycles. The van der Waals surface area contributed by atoms with Gasteiger partial charge in [-0.25, -0.2) is 4.79 Å². The van der Waals surface area contributed by atoms with Crippen molar-refractivity contribution in [3.8, 4) is 11.5 Å². The molecule has 0 unspecified atom stereocenters. The van der Waals surface area contributed by atoms with E-state index in [4.69, 9.17) is 9.47 Å². The predicted octanol–water partition coefficient (Wildman–Crippen LogP) is 5.44. The number of aromatic carboxylic acids is 1. The molecule has 33 heavy (non-hydrogen) atoms. The molecule has 1 N–H and O–H groups in total.